The van der Waals surface area contributed by atoms with Crippen molar-refractivity contribution in [2.24, 2.45) is 0 Å². The first-order valence-electron chi connectivity index (χ1n) is 10.3. The van der Waals surface area contributed by atoms with Crippen LogP contribution in [0.3, 0.4) is 0 Å². The van der Waals surface area contributed by atoms with Crippen LogP contribution in [0, 0.1) is 17.0 Å². The smallest absolute Gasteiger partial charge is 0.359 e. The number of anilines is 1. The number of nitro groups is 1. The van der Waals surface area contributed by atoms with Crippen LogP contribution >= 0.6 is 22.9 Å². The lowest BCUT2D eigenvalue weighted by molar-refractivity contribution is -0.385. The average molecular weight is 513 g/mol. The maximum Gasteiger partial charge on any atom is 0.359 e. The summed E-state index contributed by atoms with van der Waals surface area (Å²) >= 11 is 7.10. The maximum absolute atomic E-state index is 13.5. The summed E-state index contributed by atoms with van der Waals surface area (Å²) in [4.78, 5) is 49.8. The molecule has 0 spiro atoms. The molecule has 0 saturated carbocycles. The van der Waals surface area contributed by atoms with Gasteiger partial charge in [0, 0.05) is 33.0 Å². The van der Waals surface area contributed by atoms with Crippen molar-refractivity contribution in [1.82, 2.24) is 9.78 Å². The second kappa shape index (κ2) is 9.65. The third-order valence-electron chi connectivity index (χ3n) is 5.15. The fraction of sp³-hybridized carbons (Fsp3) is 0.130. The number of nitrogens with zero attached hydrogens (tertiary/aromatic N) is 3. The van der Waals surface area contributed by atoms with Crippen molar-refractivity contribution in [1.29, 1.82) is 0 Å². The molecule has 0 saturated heterocycles. The molecule has 0 aliphatic heterocycles. The summed E-state index contributed by atoms with van der Waals surface area (Å²) in [6.45, 7) is 3.20. The van der Waals surface area contributed by atoms with Crippen LogP contribution in [0.4, 0.5) is 10.7 Å². The number of carbonyl (C=O) groups is 2. The molecule has 0 aliphatic carbocycles. The van der Waals surface area contributed by atoms with Gasteiger partial charge in [-0.15, -0.1) is 11.3 Å². The van der Waals surface area contributed by atoms with Crippen molar-refractivity contribution in [3.8, 4) is 5.69 Å². The highest BCUT2D eigenvalue weighted by atomic mass is 35.5. The quantitative estimate of drug-likeness (QED) is 0.224. The van der Waals surface area contributed by atoms with Crippen LogP contribution in [0.25, 0.3) is 16.5 Å². The molecular weight excluding hydrogens is 496 g/mol. The summed E-state index contributed by atoms with van der Waals surface area (Å²) in [6, 6.07) is 10.5. The SMILES string of the molecule is CCOC(=O)c1nn(-c2cccc(Cl)c2)c(=O)c2c(NC(=O)c3cccc([N+](=O)[O-])c3C)scc12. The van der Waals surface area contributed by atoms with E-state index in [0.717, 1.165) is 16.0 Å². The van der Waals surface area contributed by atoms with Crippen LogP contribution in [0.5, 0.6) is 0 Å². The third-order valence-corrected chi connectivity index (χ3v) is 6.28. The van der Waals surface area contributed by atoms with E-state index >= 15 is 0 Å². The van der Waals surface area contributed by atoms with Gasteiger partial charge in [-0.2, -0.15) is 9.78 Å². The number of hydrogen-bond donors (Lipinski definition) is 1. The Balaban J connectivity index is 1.88. The van der Waals surface area contributed by atoms with Crippen molar-refractivity contribution in [3.63, 3.8) is 0 Å². The zero-order chi connectivity index (χ0) is 25.3. The molecule has 0 unspecified atom stereocenters. The summed E-state index contributed by atoms with van der Waals surface area (Å²) in [7, 11) is 0. The lowest BCUT2D eigenvalue weighted by Crippen LogP contribution is -2.25. The summed E-state index contributed by atoms with van der Waals surface area (Å²) in [6.07, 6.45) is 0. The lowest BCUT2D eigenvalue weighted by atomic mass is 10.1. The summed E-state index contributed by atoms with van der Waals surface area (Å²) in [5.41, 5.74) is -0.331. The fourth-order valence-corrected chi connectivity index (χ4v) is 4.63. The third kappa shape index (κ3) is 4.51. The summed E-state index contributed by atoms with van der Waals surface area (Å²) in [5, 5.41) is 20.4. The molecular formula is C23H17ClN4O6S. The standard InChI is InChI=1S/C23H17ClN4O6S/c1-3-34-23(31)19-16-11-35-21(25-20(29)15-8-5-9-17(12(15)2)28(32)33)18(16)22(30)27(26-19)14-7-4-6-13(24)10-14/h4-11H,3H2,1-2H3,(H,25,29). The van der Waals surface area contributed by atoms with Crippen LogP contribution in [-0.2, 0) is 4.74 Å². The monoisotopic (exact) mass is 512 g/mol. The molecule has 0 aliphatic rings. The number of hydrogen-bond acceptors (Lipinski definition) is 8. The van der Waals surface area contributed by atoms with E-state index in [4.69, 9.17) is 16.3 Å². The number of ether oxygens (including phenoxy) is 1. The minimum Gasteiger partial charge on any atom is -0.461 e. The van der Waals surface area contributed by atoms with E-state index in [9.17, 15) is 24.5 Å². The van der Waals surface area contributed by atoms with Gasteiger partial charge in [-0.1, -0.05) is 23.7 Å². The molecule has 35 heavy (non-hydrogen) atoms. The number of carbonyl (C=O) groups excluding carboxylic acids is 2. The first-order chi connectivity index (χ1) is 16.7. The predicted molar refractivity (Wildman–Crippen MR) is 132 cm³/mol. The molecule has 12 heteroatoms. The molecule has 0 atom stereocenters. The minimum absolute atomic E-state index is 0.0458. The van der Waals surface area contributed by atoms with Crippen molar-refractivity contribution < 1.29 is 19.2 Å². The van der Waals surface area contributed by atoms with Crippen LogP contribution in [0.2, 0.25) is 5.02 Å². The number of aromatic nitrogens is 2. The van der Waals surface area contributed by atoms with E-state index in [1.807, 2.05) is 0 Å². The highest BCUT2D eigenvalue weighted by molar-refractivity contribution is 7.16. The zero-order valence-electron chi connectivity index (χ0n) is 18.4. The Morgan fingerprint density at radius 1 is 1.26 bits per heavy atom. The van der Waals surface area contributed by atoms with Crippen LogP contribution in [0.15, 0.2) is 52.6 Å². The predicted octanol–water partition coefficient (Wildman–Crippen LogP) is 4.75. The van der Waals surface area contributed by atoms with Crippen LogP contribution < -0.4 is 10.9 Å². The van der Waals surface area contributed by atoms with E-state index in [1.165, 1.54) is 36.6 Å². The fourth-order valence-electron chi connectivity index (χ4n) is 3.51. The van der Waals surface area contributed by atoms with Crippen molar-refractivity contribution >= 4 is 56.3 Å². The highest BCUT2D eigenvalue weighted by Crippen LogP contribution is 2.32. The number of fused-ring (bicyclic) bond motifs is 1. The van der Waals surface area contributed by atoms with Gasteiger partial charge in [-0.3, -0.25) is 19.7 Å². The van der Waals surface area contributed by atoms with Crippen molar-refractivity contribution in [2.45, 2.75) is 13.8 Å². The average Bonchev–Trinajstić information content (AvgIpc) is 3.23. The normalized spacial score (nSPS) is 10.8. The topological polar surface area (TPSA) is 133 Å². The van der Waals surface area contributed by atoms with E-state index < -0.39 is 22.4 Å². The Bertz CT molecular complexity index is 1560. The van der Waals surface area contributed by atoms with Gasteiger partial charge >= 0.3 is 5.97 Å². The highest BCUT2D eigenvalue weighted by Gasteiger charge is 2.24. The molecule has 0 bridgehead atoms. The van der Waals surface area contributed by atoms with Gasteiger partial charge in [-0.05, 0) is 38.1 Å². The first-order valence-corrected chi connectivity index (χ1v) is 11.5. The molecule has 0 fully saturated rings. The zero-order valence-corrected chi connectivity index (χ0v) is 20.0. The summed E-state index contributed by atoms with van der Waals surface area (Å²) < 4.78 is 6.13. The second-order valence-corrected chi connectivity index (χ2v) is 8.60. The second-order valence-electron chi connectivity index (χ2n) is 7.28. The van der Waals surface area contributed by atoms with Gasteiger partial charge in [0.1, 0.15) is 5.00 Å². The largest absolute Gasteiger partial charge is 0.461 e. The van der Waals surface area contributed by atoms with Gasteiger partial charge in [0.25, 0.3) is 17.2 Å². The van der Waals surface area contributed by atoms with Crippen molar-refractivity contribution in [3.05, 3.63) is 90.2 Å². The number of thiophene rings is 1. The van der Waals surface area contributed by atoms with Crippen LogP contribution in [-0.4, -0.2) is 33.2 Å². The lowest BCUT2D eigenvalue weighted by Gasteiger charge is -2.10. The molecule has 1 N–H and O–H groups in total. The van der Waals surface area contributed by atoms with Gasteiger partial charge in [0.15, 0.2) is 5.69 Å². The Morgan fingerprint density at radius 2 is 2.00 bits per heavy atom. The molecule has 2 aromatic heterocycles. The Kier molecular flexibility index (Phi) is 6.63. The van der Waals surface area contributed by atoms with Gasteiger partial charge in [0.2, 0.25) is 0 Å². The number of nitrogens with one attached hydrogen (secondary N) is 1. The number of rotatable bonds is 6. The molecule has 0 radical (unpaired) electrons. The number of halogens is 1. The van der Waals surface area contributed by atoms with E-state index in [1.54, 1.807) is 25.1 Å². The molecule has 4 rings (SSSR count). The molecule has 178 valence electrons. The minimum atomic E-state index is -0.738. The Labute approximate surface area is 206 Å². The maximum atomic E-state index is 13.5. The molecule has 1 amide bonds. The van der Waals surface area contributed by atoms with Crippen molar-refractivity contribution in [2.75, 3.05) is 11.9 Å². The number of esters is 1. The van der Waals surface area contributed by atoms with E-state index in [-0.39, 0.29) is 44.9 Å². The summed E-state index contributed by atoms with van der Waals surface area (Å²) in [5.74, 6) is -1.38. The number of amides is 1. The van der Waals surface area contributed by atoms with Gasteiger partial charge in [-0.25, -0.2) is 4.79 Å². The number of nitro benzene ring substituents is 1. The molecule has 10 nitrogen and oxygen atoms in total. The Hall–Kier alpha value is -4.09. The van der Waals surface area contributed by atoms with E-state index in [0.29, 0.717) is 10.7 Å². The molecule has 2 aromatic carbocycles. The van der Waals surface area contributed by atoms with Gasteiger partial charge < -0.3 is 10.1 Å². The molecule has 2 heterocycles. The Morgan fingerprint density at radius 3 is 2.69 bits per heavy atom. The number of benzene rings is 2. The molecule has 4 aromatic rings. The van der Waals surface area contributed by atoms with E-state index in [2.05, 4.69) is 10.4 Å². The van der Waals surface area contributed by atoms with Crippen LogP contribution in [0.1, 0.15) is 33.3 Å². The van der Waals surface area contributed by atoms with Gasteiger partial charge in [0.05, 0.1) is 22.6 Å². The first kappa shape index (κ1) is 24.0.